The fourth-order valence-electron chi connectivity index (χ4n) is 2.46. The fourth-order valence-corrected chi connectivity index (χ4v) is 2.99. The van der Waals surface area contributed by atoms with Crippen LogP contribution in [-0.4, -0.2) is 33.0 Å². The van der Waals surface area contributed by atoms with Crippen molar-refractivity contribution < 1.29 is 13.9 Å². The summed E-state index contributed by atoms with van der Waals surface area (Å²) in [7, 11) is 1.52. The highest BCUT2D eigenvalue weighted by Gasteiger charge is 2.37. The molecule has 1 atom stereocenters. The number of methoxy groups -OCH3 is 1. The molecule has 1 aromatic carbocycles. The van der Waals surface area contributed by atoms with Gasteiger partial charge in [0.25, 0.3) is 0 Å². The molecule has 1 aromatic rings. The van der Waals surface area contributed by atoms with Crippen molar-refractivity contribution >= 4 is 18.0 Å². The molecule has 0 aliphatic carbocycles. The molecule has 0 fully saturated rings. The molecular weight excluding hydrogens is 303 g/mol. The summed E-state index contributed by atoms with van der Waals surface area (Å²) in [5, 5.41) is 10.0. The third kappa shape index (κ3) is 3.38. The zero-order valence-corrected chi connectivity index (χ0v) is 13.3. The lowest BCUT2D eigenvalue weighted by Gasteiger charge is -2.33. The van der Waals surface area contributed by atoms with Gasteiger partial charge in [-0.1, -0.05) is 18.2 Å². The first-order chi connectivity index (χ1) is 10.7. The van der Waals surface area contributed by atoms with E-state index >= 15 is 0 Å². The predicted molar refractivity (Wildman–Crippen MR) is 85.2 cm³/mol. The van der Waals surface area contributed by atoms with E-state index in [1.807, 2.05) is 6.26 Å². The minimum absolute atomic E-state index is 0.102. The molecule has 4 nitrogen and oxygen atoms in total. The highest BCUT2D eigenvalue weighted by Crippen LogP contribution is 2.38. The van der Waals surface area contributed by atoms with Crippen molar-refractivity contribution in [1.82, 2.24) is 0 Å². The zero-order chi connectivity index (χ0) is 16.0. The van der Waals surface area contributed by atoms with Crippen LogP contribution in [-0.2, 0) is 14.9 Å². The van der Waals surface area contributed by atoms with Crippen LogP contribution in [0.3, 0.4) is 0 Å². The number of nitrogens with zero attached hydrogens (tertiary/aromatic N) is 2. The minimum atomic E-state index is -0.797. The van der Waals surface area contributed by atoms with Gasteiger partial charge in [0.05, 0.1) is 23.7 Å². The van der Waals surface area contributed by atoms with Crippen molar-refractivity contribution in [1.29, 1.82) is 5.26 Å². The Kier molecular flexibility index (Phi) is 5.72. The Bertz CT molecular complexity index is 639. The number of aliphatic imine (C=N–C) groups is 1. The zero-order valence-electron chi connectivity index (χ0n) is 12.5. The average molecular weight is 320 g/mol. The number of allylic oxidation sites excluding steroid dienone is 1. The van der Waals surface area contributed by atoms with E-state index < -0.39 is 5.41 Å². The Balaban J connectivity index is 2.42. The van der Waals surface area contributed by atoms with Crippen LogP contribution in [0.4, 0.5) is 4.39 Å². The van der Waals surface area contributed by atoms with Gasteiger partial charge >= 0.3 is 0 Å². The summed E-state index contributed by atoms with van der Waals surface area (Å²) >= 11 is 1.41. The molecular formula is C16H17FN2O2S. The van der Waals surface area contributed by atoms with Gasteiger partial charge in [-0.3, -0.25) is 4.99 Å². The smallest absolute Gasteiger partial charge is 0.146 e. The van der Waals surface area contributed by atoms with Gasteiger partial charge in [-0.25, -0.2) is 4.39 Å². The molecule has 22 heavy (non-hydrogen) atoms. The van der Waals surface area contributed by atoms with Crippen molar-refractivity contribution in [3.05, 3.63) is 46.2 Å². The molecule has 1 heterocycles. The normalized spacial score (nSPS) is 21.0. The highest BCUT2D eigenvalue weighted by atomic mass is 32.2. The van der Waals surface area contributed by atoms with Gasteiger partial charge in [-0.15, -0.1) is 11.8 Å². The molecule has 0 bridgehead atoms. The van der Waals surface area contributed by atoms with Gasteiger partial charge in [-0.2, -0.15) is 5.26 Å². The number of hydrogen-bond donors (Lipinski definition) is 0. The number of rotatable bonds is 6. The van der Waals surface area contributed by atoms with Crippen molar-refractivity contribution in [3.63, 3.8) is 0 Å². The second-order valence-electron chi connectivity index (χ2n) is 4.93. The summed E-state index contributed by atoms with van der Waals surface area (Å²) in [5.41, 5.74) is 0.218. The molecule has 0 N–H and O–H groups in total. The molecule has 116 valence electrons. The third-order valence-electron chi connectivity index (χ3n) is 3.48. The van der Waals surface area contributed by atoms with E-state index in [0.29, 0.717) is 22.6 Å². The van der Waals surface area contributed by atoms with E-state index in [-0.39, 0.29) is 19.2 Å². The predicted octanol–water partition coefficient (Wildman–Crippen LogP) is 3.26. The number of halogens is 1. The molecule has 2 rings (SSSR count). The van der Waals surface area contributed by atoms with Gasteiger partial charge in [-0.05, 0) is 12.3 Å². The molecule has 0 saturated heterocycles. The summed E-state index contributed by atoms with van der Waals surface area (Å²) in [5.74, 6) is -0.333. The van der Waals surface area contributed by atoms with Crippen LogP contribution in [0.2, 0.25) is 0 Å². The van der Waals surface area contributed by atoms with Crippen molar-refractivity contribution in [2.24, 2.45) is 4.99 Å². The Morgan fingerprint density at radius 2 is 2.23 bits per heavy atom. The molecule has 6 heteroatoms. The van der Waals surface area contributed by atoms with Gasteiger partial charge in [0, 0.05) is 25.3 Å². The molecule has 0 spiro atoms. The lowest BCUT2D eigenvalue weighted by atomic mass is 9.76. The molecule has 1 unspecified atom stereocenters. The number of ether oxygens (including phenoxy) is 2. The van der Waals surface area contributed by atoms with E-state index in [1.54, 1.807) is 24.4 Å². The van der Waals surface area contributed by atoms with Gasteiger partial charge in [0.15, 0.2) is 0 Å². The molecule has 1 aliphatic rings. The van der Waals surface area contributed by atoms with E-state index in [4.69, 9.17) is 9.47 Å². The summed E-state index contributed by atoms with van der Waals surface area (Å²) in [6.07, 6.45) is 3.91. The topological polar surface area (TPSA) is 54.6 Å². The Labute approximate surface area is 133 Å². The van der Waals surface area contributed by atoms with E-state index in [9.17, 15) is 9.65 Å². The second-order valence-corrected chi connectivity index (χ2v) is 5.72. The maximum absolute atomic E-state index is 14.3. The largest absolute Gasteiger partial charge is 0.359 e. The van der Waals surface area contributed by atoms with Crippen molar-refractivity contribution in [2.45, 2.75) is 11.8 Å². The molecule has 0 radical (unpaired) electrons. The summed E-state index contributed by atoms with van der Waals surface area (Å²) < 4.78 is 24.7. The number of nitriles is 1. The van der Waals surface area contributed by atoms with Gasteiger partial charge in [0.1, 0.15) is 17.6 Å². The van der Waals surface area contributed by atoms with Crippen LogP contribution in [0.25, 0.3) is 0 Å². The Hall–Kier alpha value is -1.68. The van der Waals surface area contributed by atoms with Crippen LogP contribution >= 0.6 is 11.8 Å². The van der Waals surface area contributed by atoms with Crippen molar-refractivity contribution in [3.8, 4) is 6.07 Å². The summed E-state index contributed by atoms with van der Waals surface area (Å²) in [6.45, 7) is 0.295. The molecule has 0 aromatic heterocycles. The molecule has 0 amide bonds. The van der Waals surface area contributed by atoms with E-state index in [1.165, 1.54) is 24.9 Å². The van der Waals surface area contributed by atoms with Gasteiger partial charge < -0.3 is 9.47 Å². The van der Waals surface area contributed by atoms with Gasteiger partial charge in [0.2, 0.25) is 0 Å². The maximum Gasteiger partial charge on any atom is 0.146 e. The highest BCUT2D eigenvalue weighted by molar-refractivity contribution is 8.02. The Morgan fingerprint density at radius 3 is 2.86 bits per heavy atom. The van der Waals surface area contributed by atoms with Crippen LogP contribution < -0.4 is 0 Å². The number of benzene rings is 1. The second kappa shape index (κ2) is 7.54. The first-order valence-electron chi connectivity index (χ1n) is 6.71. The first-order valence-corrected chi connectivity index (χ1v) is 7.93. The minimum Gasteiger partial charge on any atom is -0.359 e. The van der Waals surface area contributed by atoms with Crippen molar-refractivity contribution in [2.75, 3.05) is 26.8 Å². The first kappa shape index (κ1) is 16.7. The molecule has 0 saturated carbocycles. The quantitative estimate of drug-likeness (QED) is 0.596. The summed E-state index contributed by atoms with van der Waals surface area (Å²) in [4.78, 5) is 4.36. The van der Waals surface area contributed by atoms with E-state index in [0.717, 1.165) is 0 Å². The lowest BCUT2D eigenvalue weighted by molar-refractivity contribution is -0.0414. The monoisotopic (exact) mass is 320 g/mol. The standard InChI is InChI=1S/C16H17FN2O2S/c1-20-11-21-10-16(13-5-3-4-6-14(13)17)7-12(8-18)15(22-2)19-9-16/h3-6,9H,7,10-11H2,1-2H3. The van der Waals surface area contributed by atoms with Crippen LogP contribution in [0.15, 0.2) is 39.9 Å². The maximum atomic E-state index is 14.3. The summed E-state index contributed by atoms with van der Waals surface area (Å²) in [6, 6.07) is 8.69. The SMILES string of the molecule is COCOCC1(c2ccccc2F)C=NC(SC)=C(C#N)C1. The van der Waals surface area contributed by atoms with Crippen LogP contribution in [0.5, 0.6) is 0 Å². The van der Waals surface area contributed by atoms with Crippen LogP contribution in [0, 0.1) is 17.1 Å². The average Bonchev–Trinajstić information content (AvgIpc) is 2.55. The van der Waals surface area contributed by atoms with E-state index in [2.05, 4.69) is 11.1 Å². The lowest BCUT2D eigenvalue weighted by Crippen LogP contribution is -2.37. The molecule has 1 aliphatic heterocycles. The third-order valence-corrected chi connectivity index (χ3v) is 4.22. The fraction of sp³-hybridized carbons (Fsp3) is 0.375. The Morgan fingerprint density at radius 1 is 1.45 bits per heavy atom. The number of hydrogen-bond acceptors (Lipinski definition) is 5. The number of thioether (sulfide) groups is 1. The van der Waals surface area contributed by atoms with Crippen LogP contribution in [0.1, 0.15) is 12.0 Å².